The van der Waals surface area contributed by atoms with Gasteiger partial charge in [-0.25, -0.2) is 13.1 Å². The van der Waals surface area contributed by atoms with Gasteiger partial charge in [0.2, 0.25) is 10.0 Å². The summed E-state index contributed by atoms with van der Waals surface area (Å²) in [5.74, 6) is 1.11. The molecule has 1 aliphatic carbocycles. The largest absolute Gasteiger partial charge is 0.493 e. The van der Waals surface area contributed by atoms with Crippen LogP contribution in [-0.2, 0) is 10.0 Å². The highest BCUT2D eigenvalue weighted by Crippen LogP contribution is 2.22. The zero-order chi connectivity index (χ0) is 14.0. The molecule has 1 aromatic rings. The third-order valence-corrected chi connectivity index (χ3v) is 4.37. The minimum absolute atomic E-state index is 0.0524. The van der Waals surface area contributed by atoms with Crippen LogP contribution in [0.1, 0.15) is 20.3 Å². The normalized spacial score (nSPS) is 22.5. The third-order valence-electron chi connectivity index (χ3n) is 2.86. The topological polar surface area (TPSA) is 81.4 Å². The molecule has 0 spiro atoms. The lowest BCUT2D eigenvalue weighted by Crippen LogP contribution is -2.29. The molecule has 0 saturated heterocycles. The Balaban J connectivity index is 2.01. The van der Waals surface area contributed by atoms with Crippen molar-refractivity contribution in [1.82, 2.24) is 4.72 Å². The molecule has 1 aromatic carbocycles. The zero-order valence-corrected chi connectivity index (χ0v) is 12.0. The molecule has 5 nitrogen and oxygen atoms in total. The zero-order valence-electron chi connectivity index (χ0n) is 11.2. The first-order chi connectivity index (χ1) is 8.88. The Labute approximate surface area is 114 Å². The Morgan fingerprint density at radius 1 is 1.37 bits per heavy atom. The Kier molecular flexibility index (Phi) is 4.13. The molecule has 2 rings (SSSR count). The van der Waals surface area contributed by atoms with Crippen molar-refractivity contribution in [3.63, 3.8) is 0 Å². The van der Waals surface area contributed by atoms with Gasteiger partial charge in [-0.3, -0.25) is 0 Å². The van der Waals surface area contributed by atoms with E-state index in [-0.39, 0.29) is 17.0 Å². The second-order valence-corrected chi connectivity index (χ2v) is 7.02. The van der Waals surface area contributed by atoms with E-state index in [9.17, 15) is 8.42 Å². The van der Waals surface area contributed by atoms with E-state index in [2.05, 4.69) is 18.6 Å². The molecule has 3 N–H and O–H groups in total. The molecule has 0 aliphatic heterocycles. The molecule has 0 amide bonds. The number of sulfonamides is 1. The molecule has 1 aliphatic rings. The van der Waals surface area contributed by atoms with Gasteiger partial charge < -0.3 is 10.5 Å². The van der Waals surface area contributed by atoms with Crippen LogP contribution >= 0.6 is 0 Å². The van der Waals surface area contributed by atoms with Crippen molar-refractivity contribution >= 4 is 10.0 Å². The molecule has 2 atom stereocenters. The van der Waals surface area contributed by atoms with Crippen LogP contribution in [0.3, 0.4) is 0 Å². The fraction of sp³-hybridized carbons (Fsp3) is 0.538. The minimum atomic E-state index is -3.46. The van der Waals surface area contributed by atoms with E-state index in [1.54, 1.807) is 24.3 Å². The number of benzene rings is 1. The van der Waals surface area contributed by atoms with Gasteiger partial charge in [0.1, 0.15) is 5.75 Å². The minimum Gasteiger partial charge on any atom is -0.493 e. The van der Waals surface area contributed by atoms with Gasteiger partial charge in [0.25, 0.3) is 0 Å². The first-order valence-electron chi connectivity index (χ1n) is 6.39. The van der Waals surface area contributed by atoms with Crippen LogP contribution in [-0.4, -0.2) is 27.1 Å². The molecule has 0 bridgehead atoms. The molecular formula is C13H20N2O3S. The van der Waals surface area contributed by atoms with Crippen LogP contribution in [0, 0.1) is 5.92 Å². The van der Waals surface area contributed by atoms with Crippen molar-refractivity contribution in [3.05, 3.63) is 24.3 Å². The fourth-order valence-electron chi connectivity index (χ4n) is 1.60. The Morgan fingerprint density at radius 3 is 2.42 bits per heavy atom. The van der Waals surface area contributed by atoms with Gasteiger partial charge in [0.05, 0.1) is 11.5 Å². The van der Waals surface area contributed by atoms with Crippen molar-refractivity contribution in [2.24, 2.45) is 11.7 Å². The second kappa shape index (κ2) is 5.48. The molecule has 0 aromatic heterocycles. The number of nitrogens with one attached hydrogen (secondary N) is 1. The summed E-state index contributed by atoms with van der Waals surface area (Å²) >= 11 is 0. The number of ether oxygens (including phenoxy) is 1. The van der Waals surface area contributed by atoms with E-state index in [1.165, 1.54) is 0 Å². The monoisotopic (exact) mass is 284 g/mol. The fourth-order valence-corrected chi connectivity index (χ4v) is 2.90. The molecule has 6 heteroatoms. The maximum Gasteiger partial charge on any atom is 0.240 e. The number of hydrogen-bond donors (Lipinski definition) is 2. The molecule has 0 radical (unpaired) electrons. The van der Waals surface area contributed by atoms with Crippen LogP contribution in [0.25, 0.3) is 0 Å². The second-order valence-electron chi connectivity index (χ2n) is 5.30. The van der Waals surface area contributed by atoms with Crippen molar-refractivity contribution in [2.75, 3.05) is 6.61 Å². The van der Waals surface area contributed by atoms with Gasteiger partial charge >= 0.3 is 0 Å². The highest BCUT2D eigenvalue weighted by Gasteiger charge is 2.37. The highest BCUT2D eigenvalue weighted by molar-refractivity contribution is 7.89. The summed E-state index contributed by atoms with van der Waals surface area (Å²) in [5, 5.41) is 0. The average molecular weight is 284 g/mol. The molecule has 1 saturated carbocycles. The van der Waals surface area contributed by atoms with E-state index < -0.39 is 10.0 Å². The van der Waals surface area contributed by atoms with Gasteiger partial charge in [-0.05, 0) is 36.6 Å². The lowest BCUT2D eigenvalue weighted by molar-refractivity contribution is 0.271. The SMILES string of the molecule is CC(C)COc1ccc(S(=O)(=O)NC2CC2N)cc1. The Morgan fingerprint density at radius 2 is 1.95 bits per heavy atom. The van der Waals surface area contributed by atoms with E-state index in [0.717, 1.165) is 0 Å². The molecule has 19 heavy (non-hydrogen) atoms. The van der Waals surface area contributed by atoms with E-state index in [1.807, 2.05) is 0 Å². The predicted octanol–water partition coefficient (Wildman–Crippen LogP) is 1.10. The molecule has 2 unspecified atom stereocenters. The predicted molar refractivity (Wildman–Crippen MR) is 73.5 cm³/mol. The summed E-state index contributed by atoms with van der Waals surface area (Å²) in [5.41, 5.74) is 5.60. The van der Waals surface area contributed by atoms with Gasteiger partial charge in [0.15, 0.2) is 0 Å². The first kappa shape index (κ1) is 14.3. The van der Waals surface area contributed by atoms with Crippen LogP contribution in [0.4, 0.5) is 0 Å². The van der Waals surface area contributed by atoms with Crippen LogP contribution in [0.2, 0.25) is 0 Å². The van der Waals surface area contributed by atoms with Crippen LogP contribution in [0.15, 0.2) is 29.2 Å². The Hall–Kier alpha value is -1.11. The quantitative estimate of drug-likeness (QED) is 0.819. The summed E-state index contributed by atoms with van der Waals surface area (Å²) in [6.45, 7) is 4.73. The molecule has 1 fully saturated rings. The van der Waals surface area contributed by atoms with E-state index in [4.69, 9.17) is 10.5 Å². The molecular weight excluding hydrogens is 264 g/mol. The maximum absolute atomic E-state index is 12.0. The van der Waals surface area contributed by atoms with Crippen LogP contribution in [0.5, 0.6) is 5.75 Å². The Bertz CT molecular complexity index is 525. The van der Waals surface area contributed by atoms with Gasteiger partial charge in [-0.2, -0.15) is 0 Å². The third kappa shape index (κ3) is 3.92. The lowest BCUT2D eigenvalue weighted by atomic mass is 10.2. The first-order valence-corrected chi connectivity index (χ1v) is 7.87. The van der Waals surface area contributed by atoms with Gasteiger partial charge in [-0.15, -0.1) is 0 Å². The molecule has 106 valence electrons. The lowest BCUT2D eigenvalue weighted by Gasteiger charge is -2.10. The van der Waals surface area contributed by atoms with Crippen molar-refractivity contribution in [3.8, 4) is 5.75 Å². The smallest absolute Gasteiger partial charge is 0.240 e. The van der Waals surface area contributed by atoms with Crippen molar-refractivity contribution < 1.29 is 13.2 Å². The molecule has 0 heterocycles. The van der Waals surface area contributed by atoms with Gasteiger partial charge in [0, 0.05) is 12.1 Å². The number of nitrogens with two attached hydrogens (primary N) is 1. The standard InChI is InChI=1S/C13H20N2O3S/c1-9(2)8-18-10-3-5-11(6-4-10)19(16,17)15-13-7-12(13)14/h3-6,9,12-13,15H,7-8,14H2,1-2H3. The van der Waals surface area contributed by atoms with E-state index >= 15 is 0 Å². The maximum atomic E-state index is 12.0. The summed E-state index contributed by atoms with van der Waals surface area (Å²) in [6, 6.07) is 6.26. The van der Waals surface area contributed by atoms with Crippen molar-refractivity contribution in [2.45, 2.75) is 37.2 Å². The number of rotatable bonds is 6. The van der Waals surface area contributed by atoms with Gasteiger partial charge in [-0.1, -0.05) is 13.8 Å². The van der Waals surface area contributed by atoms with Crippen LogP contribution < -0.4 is 15.2 Å². The van der Waals surface area contributed by atoms with Crippen molar-refractivity contribution in [1.29, 1.82) is 0 Å². The number of hydrogen-bond acceptors (Lipinski definition) is 4. The summed E-state index contributed by atoms with van der Waals surface area (Å²) in [7, 11) is -3.46. The summed E-state index contributed by atoms with van der Waals surface area (Å²) < 4.78 is 32.1. The average Bonchev–Trinajstić information content (AvgIpc) is 3.02. The van der Waals surface area contributed by atoms with E-state index in [0.29, 0.717) is 24.7 Å². The summed E-state index contributed by atoms with van der Waals surface area (Å²) in [4.78, 5) is 0.239. The highest BCUT2D eigenvalue weighted by atomic mass is 32.2. The summed E-state index contributed by atoms with van der Waals surface area (Å²) in [6.07, 6.45) is 0.703.